The quantitative estimate of drug-likeness (QED) is 0.181. The summed E-state index contributed by atoms with van der Waals surface area (Å²) in [6.07, 6.45) is 3.61. The number of nitrogens with zero attached hydrogens (tertiary/aromatic N) is 4. The summed E-state index contributed by atoms with van der Waals surface area (Å²) < 4.78 is 34.6. The van der Waals surface area contributed by atoms with Crippen molar-refractivity contribution >= 4 is 26.0 Å². The zero-order valence-corrected chi connectivity index (χ0v) is 24.4. The Hall–Kier alpha value is -2.83. The van der Waals surface area contributed by atoms with Gasteiger partial charge in [-0.2, -0.15) is 0 Å². The van der Waals surface area contributed by atoms with E-state index in [2.05, 4.69) is 10.3 Å². The van der Waals surface area contributed by atoms with E-state index >= 15 is 4.11 Å². The molecule has 12 heteroatoms. The molecular weight excluding hydrogens is 523 g/mol. The van der Waals surface area contributed by atoms with Gasteiger partial charge in [0.1, 0.15) is 5.75 Å². The molecule has 1 amide bonds. The first-order valence-electron chi connectivity index (χ1n) is 13.5. The van der Waals surface area contributed by atoms with E-state index < -0.39 is 31.6 Å². The van der Waals surface area contributed by atoms with Crippen molar-refractivity contribution in [1.29, 1.82) is 0 Å². The molecule has 214 valence electrons. The highest BCUT2D eigenvalue weighted by Crippen LogP contribution is 2.60. The molecule has 1 aromatic carbocycles. The maximum Gasteiger partial charge on any atom is 0.305 e. The largest absolute Gasteiger partial charge is 0.497 e. The van der Waals surface area contributed by atoms with Crippen LogP contribution in [0.1, 0.15) is 43.9 Å². The number of carbonyl (C=O) groups excluding carboxylic acids is 2. The molecule has 1 saturated heterocycles. The van der Waals surface area contributed by atoms with Gasteiger partial charge in [0, 0.05) is 55.8 Å². The van der Waals surface area contributed by atoms with Crippen molar-refractivity contribution in [3.8, 4) is 5.75 Å². The van der Waals surface area contributed by atoms with Crippen molar-refractivity contribution in [3.05, 3.63) is 35.7 Å². The number of unbranched alkanes of at least 4 members (excludes halogenated alkanes) is 1. The van der Waals surface area contributed by atoms with E-state index in [1.165, 1.54) is 7.11 Å². The highest BCUT2D eigenvalue weighted by molar-refractivity contribution is 6.72. The van der Waals surface area contributed by atoms with Crippen molar-refractivity contribution in [3.63, 3.8) is 0 Å². The number of rotatable bonds is 12. The minimum absolute atomic E-state index is 0.0155. The molecule has 2 aliphatic rings. The predicted molar refractivity (Wildman–Crippen MR) is 145 cm³/mol. The minimum atomic E-state index is -3.29. The third-order valence-electron chi connectivity index (χ3n) is 8.00. The van der Waals surface area contributed by atoms with E-state index in [1.807, 2.05) is 25.1 Å². The number of halogens is 1. The van der Waals surface area contributed by atoms with Crippen LogP contribution in [0.15, 0.2) is 24.4 Å². The van der Waals surface area contributed by atoms with Crippen molar-refractivity contribution in [2.24, 2.45) is 5.92 Å². The van der Waals surface area contributed by atoms with Gasteiger partial charge >= 0.3 is 5.97 Å². The van der Waals surface area contributed by atoms with E-state index in [0.29, 0.717) is 55.8 Å². The van der Waals surface area contributed by atoms with E-state index in [-0.39, 0.29) is 24.9 Å². The number of hydrogen-bond acceptors (Lipinski definition) is 8. The van der Waals surface area contributed by atoms with E-state index in [0.717, 1.165) is 5.69 Å². The second-order valence-corrected chi connectivity index (χ2v) is 14.7. The van der Waals surface area contributed by atoms with Crippen LogP contribution in [0.5, 0.6) is 5.75 Å². The fourth-order valence-corrected chi connectivity index (χ4v) is 8.77. The van der Waals surface area contributed by atoms with Crippen LogP contribution in [-0.4, -0.2) is 73.9 Å². The van der Waals surface area contributed by atoms with Crippen LogP contribution >= 0.6 is 0 Å². The minimum Gasteiger partial charge on any atom is -0.497 e. The normalized spacial score (nSPS) is 24.4. The van der Waals surface area contributed by atoms with Crippen LogP contribution < -0.4 is 9.64 Å². The van der Waals surface area contributed by atoms with Gasteiger partial charge < -0.3 is 28.3 Å². The lowest BCUT2D eigenvalue weighted by Crippen LogP contribution is -2.45. The topological polar surface area (TPSA) is 116 Å². The van der Waals surface area contributed by atoms with Gasteiger partial charge in [0.25, 0.3) is 5.91 Å². The summed E-state index contributed by atoms with van der Waals surface area (Å²) in [5, 5.41) is 17.4. The Morgan fingerprint density at radius 2 is 2.03 bits per heavy atom. The predicted octanol–water partition coefficient (Wildman–Crippen LogP) is 3.38. The number of aliphatic hydroxyl groups is 1. The second kappa shape index (κ2) is 11.7. The summed E-state index contributed by atoms with van der Waals surface area (Å²) in [5.74, 6) is -0.296. The summed E-state index contributed by atoms with van der Waals surface area (Å²) >= 11 is 0. The number of aromatic nitrogens is 3. The first kappa shape index (κ1) is 29.2. The third-order valence-corrected chi connectivity index (χ3v) is 10.5. The highest BCUT2D eigenvalue weighted by Gasteiger charge is 2.66. The lowest BCUT2D eigenvalue weighted by Gasteiger charge is -2.31. The molecule has 39 heavy (non-hydrogen) atoms. The summed E-state index contributed by atoms with van der Waals surface area (Å²) in [6, 6.07) is 5.50. The smallest absolute Gasteiger partial charge is 0.305 e. The summed E-state index contributed by atoms with van der Waals surface area (Å²) in [7, 11) is -0.359. The lowest BCUT2D eigenvalue weighted by molar-refractivity contribution is -0.146. The van der Waals surface area contributed by atoms with Gasteiger partial charge in [0.2, 0.25) is 8.41 Å². The van der Waals surface area contributed by atoms with Gasteiger partial charge in [-0.25, -0.2) is 0 Å². The molecule has 1 N–H and O–H groups in total. The number of anilines is 1. The van der Waals surface area contributed by atoms with Gasteiger partial charge in [-0.3, -0.25) is 14.3 Å². The number of fused-ring (bicyclic) bond motifs is 2. The first-order valence-corrected chi connectivity index (χ1v) is 16.5. The number of amides is 1. The van der Waals surface area contributed by atoms with Gasteiger partial charge in [0.15, 0.2) is 5.60 Å². The van der Waals surface area contributed by atoms with E-state index in [1.54, 1.807) is 36.0 Å². The number of hydrogen-bond donors (Lipinski definition) is 1. The maximum absolute atomic E-state index is 16.0. The molecule has 1 fully saturated rings. The lowest BCUT2D eigenvalue weighted by atomic mass is 9.82. The molecule has 4 atom stereocenters. The zero-order chi connectivity index (χ0) is 28.4. The molecule has 0 unspecified atom stereocenters. The van der Waals surface area contributed by atoms with Crippen molar-refractivity contribution in [2.45, 2.75) is 75.9 Å². The Morgan fingerprint density at radius 3 is 2.69 bits per heavy atom. The Kier molecular flexibility index (Phi) is 8.77. The number of methoxy groups -OCH3 is 2. The van der Waals surface area contributed by atoms with Crippen molar-refractivity contribution in [1.82, 2.24) is 15.0 Å². The molecule has 1 spiro atoms. The number of aliphatic hydroxyl groups excluding tert-OH is 1. The molecule has 0 bridgehead atoms. The highest BCUT2D eigenvalue weighted by atomic mass is 28.4. The molecule has 10 nitrogen and oxygen atoms in total. The number of carbonyl (C=O) groups is 2. The van der Waals surface area contributed by atoms with Crippen molar-refractivity contribution in [2.75, 3.05) is 32.3 Å². The fourth-order valence-electron chi connectivity index (χ4n) is 6.22. The Morgan fingerprint density at radius 1 is 1.26 bits per heavy atom. The fraction of sp³-hybridized carbons (Fsp3) is 0.630. The van der Waals surface area contributed by atoms with E-state index in [4.69, 9.17) is 14.2 Å². The average Bonchev–Trinajstić information content (AvgIpc) is 3.54. The first-order chi connectivity index (χ1) is 18.6. The van der Waals surface area contributed by atoms with Gasteiger partial charge in [-0.1, -0.05) is 12.1 Å². The second-order valence-electron chi connectivity index (χ2n) is 10.9. The average molecular weight is 563 g/mol. The van der Waals surface area contributed by atoms with Crippen LogP contribution in [0.4, 0.5) is 9.80 Å². The van der Waals surface area contributed by atoms with Crippen LogP contribution in [0.3, 0.4) is 0 Å². The molecule has 1 aromatic heterocycles. The summed E-state index contributed by atoms with van der Waals surface area (Å²) in [6.45, 7) is 6.12. The Bertz CT molecular complexity index is 1190. The number of aryl methyl sites for hydroxylation is 1. The van der Waals surface area contributed by atoms with Gasteiger partial charge in [-0.15, -0.1) is 5.10 Å². The van der Waals surface area contributed by atoms with Crippen LogP contribution in [-0.2, 0) is 37.6 Å². The Labute approximate surface area is 229 Å². The molecule has 3 heterocycles. The number of esters is 1. The monoisotopic (exact) mass is 562 g/mol. The van der Waals surface area contributed by atoms with Crippen molar-refractivity contribution < 1.29 is 33.0 Å². The SMILES string of the molecule is COC(=O)CCCCN1C(=O)[C@]2(O[C@H](CCn3cc(CCO)nn3)[C@@H]([Si](C)(C)F)[C@@H]2C)c2cc(OC)ccc21. The summed E-state index contributed by atoms with van der Waals surface area (Å²) in [4.78, 5) is 27.5. The number of benzene rings is 1. The van der Waals surface area contributed by atoms with Crippen LogP contribution in [0, 0.1) is 5.92 Å². The summed E-state index contributed by atoms with van der Waals surface area (Å²) in [5.41, 5.74) is 0.349. The molecule has 0 saturated carbocycles. The zero-order valence-electron chi connectivity index (χ0n) is 23.4. The number of ether oxygens (including phenoxy) is 3. The third kappa shape index (κ3) is 5.59. The van der Waals surface area contributed by atoms with Gasteiger partial charge in [0.05, 0.1) is 31.7 Å². The maximum atomic E-state index is 16.0. The molecule has 2 aliphatic heterocycles. The van der Waals surface area contributed by atoms with Crippen LogP contribution in [0.25, 0.3) is 0 Å². The molecule has 0 radical (unpaired) electrons. The molecular formula is C27H39FN4O6Si. The van der Waals surface area contributed by atoms with Gasteiger partial charge in [-0.05, 0) is 50.6 Å². The van der Waals surface area contributed by atoms with Crippen LogP contribution in [0.2, 0.25) is 18.6 Å². The Balaban J connectivity index is 1.64. The molecule has 4 rings (SSSR count). The standard InChI is InChI=1S/C27H39FN4O6Si/c1-18-25(39(4,5)28)23(11-14-31-17-19(12-15-33)29-30-31)38-27(18)21-16-20(36-2)9-10-22(21)32(26(27)35)13-7-6-8-24(34)37-3/h9-10,16-18,23,25,33H,6-8,11-15H2,1-5H3/t18-,23+,25-,27+/m0/s1. The van der Waals surface area contributed by atoms with E-state index in [9.17, 15) is 14.7 Å². The molecule has 0 aliphatic carbocycles. The molecule has 2 aromatic rings.